The van der Waals surface area contributed by atoms with E-state index in [0.717, 1.165) is 0 Å². The first-order chi connectivity index (χ1) is 16.2. The Morgan fingerprint density at radius 1 is 1.21 bits per heavy atom. The second-order valence-electron chi connectivity index (χ2n) is 8.21. The maximum atomic E-state index is 13.5. The van der Waals surface area contributed by atoms with Crippen molar-refractivity contribution in [2.75, 3.05) is 44.5 Å². The molecule has 0 radical (unpaired) electrons. The van der Waals surface area contributed by atoms with Crippen LogP contribution in [0.15, 0.2) is 35.2 Å². The molecule has 1 saturated heterocycles. The molecule has 2 aromatic rings. The van der Waals surface area contributed by atoms with Crippen molar-refractivity contribution in [2.45, 2.75) is 24.7 Å². The van der Waals surface area contributed by atoms with Crippen molar-refractivity contribution < 1.29 is 32.2 Å². The first-order valence-corrected chi connectivity index (χ1v) is 12.3. The molecule has 2 aliphatic rings. The molecule has 0 unspecified atom stereocenters. The maximum absolute atomic E-state index is 13.5. The Kier molecular flexibility index (Phi) is 6.67. The molecule has 2 heterocycles. The highest BCUT2D eigenvalue weighted by Crippen LogP contribution is 2.35. The minimum Gasteiger partial charge on any atom is -0.497 e. The zero-order valence-electron chi connectivity index (χ0n) is 19.2. The Bertz CT molecular complexity index is 1230. The number of carbonyl (C=O) groups is 2. The molecule has 0 spiro atoms. The SMILES string of the molecule is COc1ccc(NC(=O)[C@H]2CCCN(S(=O)(=O)c3cc4c(cc3C)NC(=O)CO4)C2)c(OC)c1. The van der Waals surface area contributed by atoms with E-state index >= 15 is 0 Å². The van der Waals surface area contributed by atoms with Gasteiger partial charge in [-0.15, -0.1) is 0 Å². The van der Waals surface area contributed by atoms with Crippen LogP contribution in [-0.2, 0) is 19.6 Å². The van der Waals surface area contributed by atoms with Crippen LogP contribution >= 0.6 is 0 Å². The van der Waals surface area contributed by atoms with Crippen LogP contribution in [0, 0.1) is 12.8 Å². The molecular weight excluding hydrogens is 462 g/mol. The summed E-state index contributed by atoms with van der Waals surface area (Å²) in [5.41, 5.74) is 1.41. The maximum Gasteiger partial charge on any atom is 0.262 e. The Labute approximate surface area is 198 Å². The molecule has 2 amide bonds. The molecular formula is C23H27N3O7S. The van der Waals surface area contributed by atoms with Crippen LogP contribution in [0.25, 0.3) is 0 Å². The Balaban J connectivity index is 1.52. The number of methoxy groups -OCH3 is 2. The highest BCUT2D eigenvalue weighted by atomic mass is 32.2. The zero-order chi connectivity index (χ0) is 24.5. The smallest absolute Gasteiger partial charge is 0.262 e. The molecule has 0 bridgehead atoms. The topological polar surface area (TPSA) is 123 Å². The van der Waals surface area contributed by atoms with E-state index in [1.54, 1.807) is 31.2 Å². The second kappa shape index (κ2) is 9.51. The van der Waals surface area contributed by atoms with Crippen LogP contribution in [-0.4, -0.2) is 58.5 Å². The number of amides is 2. The Morgan fingerprint density at radius 2 is 2.00 bits per heavy atom. The minimum atomic E-state index is -3.88. The quantitative estimate of drug-likeness (QED) is 0.639. The van der Waals surface area contributed by atoms with E-state index in [-0.39, 0.29) is 29.9 Å². The van der Waals surface area contributed by atoms with Gasteiger partial charge in [-0.3, -0.25) is 9.59 Å². The lowest BCUT2D eigenvalue weighted by Crippen LogP contribution is -2.44. The van der Waals surface area contributed by atoms with Gasteiger partial charge in [0.2, 0.25) is 15.9 Å². The number of ether oxygens (including phenoxy) is 3. The predicted molar refractivity (Wildman–Crippen MR) is 125 cm³/mol. The normalized spacial score (nSPS) is 18.3. The summed E-state index contributed by atoms with van der Waals surface area (Å²) < 4.78 is 44.2. The number of hydrogen-bond donors (Lipinski definition) is 2. The molecule has 4 rings (SSSR count). The lowest BCUT2D eigenvalue weighted by atomic mass is 9.98. The number of nitrogens with one attached hydrogen (secondary N) is 2. The number of benzene rings is 2. The van der Waals surface area contributed by atoms with Crippen LogP contribution in [0.1, 0.15) is 18.4 Å². The summed E-state index contributed by atoms with van der Waals surface area (Å²) in [7, 11) is -0.848. The number of sulfonamides is 1. The van der Waals surface area contributed by atoms with E-state index in [1.807, 2.05) is 0 Å². The van der Waals surface area contributed by atoms with Crippen molar-refractivity contribution in [3.63, 3.8) is 0 Å². The van der Waals surface area contributed by atoms with Crippen molar-refractivity contribution in [1.82, 2.24) is 4.31 Å². The molecule has 10 nitrogen and oxygen atoms in total. The van der Waals surface area contributed by atoms with Crippen LogP contribution in [0.3, 0.4) is 0 Å². The number of piperidine rings is 1. The van der Waals surface area contributed by atoms with Gasteiger partial charge in [0.05, 0.1) is 36.4 Å². The summed E-state index contributed by atoms with van der Waals surface area (Å²) in [4.78, 5) is 24.7. The van der Waals surface area contributed by atoms with Gasteiger partial charge < -0.3 is 24.8 Å². The van der Waals surface area contributed by atoms with Crippen molar-refractivity contribution in [3.05, 3.63) is 35.9 Å². The summed E-state index contributed by atoms with van der Waals surface area (Å²) in [5, 5.41) is 5.53. The van der Waals surface area contributed by atoms with Gasteiger partial charge in [-0.25, -0.2) is 8.42 Å². The summed E-state index contributed by atoms with van der Waals surface area (Å²) in [6, 6.07) is 8.08. The second-order valence-corrected chi connectivity index (χ2v) is 10.1. The lowest BCUT2D eigenvalue weighted by Gasteiger charge is -2.32. The van der Waals surface area contributed by atoms with Crippen molar-refractivity contribution in [1.29, 1.82) is 0 Å². The zero-order valence-corrected chi connectivity index (χ0v) is 20.0. The third kappa shape index (κ3) is 4.66. The summed E-state index contributed by atoms with van der Waals surface area (Å²) >= 11 is 0. The van der Waals surface area contributed by atoms with Crippen molar-refractivity contribution in [3.8, 4) is 17.2 Å². The van der Waals surface area contributed by atoms with Crippen LogP contribution in [0.2, 0.25) is 0 Å². The first kappa shape index (κ1) is 23.8. The largest absolute Gasteiger partial charge is 0.497 e. The van der Waals surface area contributed by atoms with Gasteiger partial charge in [0, 0.05) is 25.2 Å². The van der Waals surface area contributed by atoms with Crippen LogP contribution in [0.5, 0.6) is 17.2 Å². The van der Waals surface area contributed by atoms with Gasteiger partial charge in [-0.2, -0.15) is 4.31 Å². The molecule has 1 atom stereocenters. The summed E-state index contributed by atoms with van der Waals surface area (Å²) in [6.07, 6.45) is 1.11. The number of anilines is 2. The molecule has 182 valence electrons. The number of aryl methyl sites for hydroxylation is 1. The van der Waals surface area contributed by atoms with Gasteiger partial charge in [0.25, 0.3) is 5.91 Å². The molecule has 34 heavy (non-hydrogen) atoms. The predicted octanol–water partition coefficient (Wildman–Crippen LogP) is 2.38. The molecule has 2 aliphatic heterocycles. The van der Waals surface area contributed by atoms with E-state index < -0.39 is 15.9 Å². The number of rotatable bonds is 6. The minimum absolute atomic E-state index is 0.0563. The van der Waals surface area contributed by atoms with E-state index in [2.05, 4.69) is 10.6 Å². The van der Waals surface area contributed by atoms with E-state index in [0.29, 0.717) is 53.6 Å². The van der Waals surface area contributed by atoms with Crippen molar-refractivity contribution >= 4 is 33.2 Å². The fraction of sp³-hybridized carbons (Fsp3) is 0.391. The highest BCUT2D eigenvalue weighted by molar-refractivity contribution is 7.89. The molecule has 0 aromatic heterocycles. The summed E-state index contributed by atoms with van der Waals surface area (Å²) in [5.74, 6) is 0.251. The number of hydrogen-bond acceptors (Lipinski definition) is 7. The average molecular weight is 490 g/mol. The monoisotopic (exact) mass is 489 g/mol. The van der Waals surface area contributed by atoms with Crippen LogP contribution < -0.4 is 24.8 Å². The van der Waals surface area contributed by atoms with Crippen molar-refractivity contribution in [2.24, 2.45) is 5.92 Å². The van der Waals surface area contributed by atoms with Gasteiger partial charge in [-0.05, 0) is 43.5 Å². The number of fused-ring (bicyclic) bond motifs is 1. The average Bonchev–Trinajstić information content (AvgIpc) is 2.83. The van der Waals surface area contributed by atoms with Gasteiger partial charge in [0.1, 0.15) is 17.2 Å². The molecule has 2 aromatic carbocycles. The third-order valence-corrected chi connectivity index (χ3v) is 7.96. The van der Waals surface area contributed by atoms with Crippen LogP contribution in [0.4, 0.5) is 11.4 Å². The third-order valence-electron chi connectivity index (χ3n) is 5.95. The van der Waals surface area contributed by atoms with E-state index in [9.17, 15) is 18.0 Å². The Morgan fingerprint density at radius 3 is 2.74 bits per heavy atom. The van der Waals surface area contributed by atoms with E-state index in [1.165, 1.54) is 24.6 Å². The lowest BCUT2D eigenvalue weighted by molar-refractivity contribution is -0.121. The van der Waals surface area contributed by atoms with E-state index in [4.69, 9.17) is 14.2 Å². The summed E-state index contributed by atoms with van der Waals surface area (Å²) in [6.45, 7) is 1.86. The van der Waals surface area contributed by atoms with Gasteiger partial charge >= 0.3 is 0 Å². The molecule has 0 aliphatic carbocycles. The first-order valence-electron chi connectivity index (χ1n) is 10.8. The molecule has 0 saturated carbocycles. The van der Waals surface area contributed by atoms with Gasteiger partial charge in [-0.1, -0.05) is 0 Å². The standard InChI is InChI=1S/C23H27N3O7S/c1-14-9-18-20(33-13-22(27)24-18)11-21(14)34(29,30)26-8-4-5-15(12-26)23(28)25-17-7-6-16(31-2)10-19(17)32-3/h6-7,9-11,15H,4-5,8,12-13H2,1-3H3,(H,24,27)(H,25,28)/t15-/m0/s1. The van der Waals surface area contributed by atoms with Gasteiger partial charge in [0.15, 0.2) is 6.61 Å². The highest BCUT2D eigenvalue weighted by Gasteiger charge is 2.35. The molecule has 2 N–H and O–H groups in total. The molecule has 1 fully saturated rings. The Hall–Kier alpha value is -3.31. The fourth-order valence-corrected chi connectivity index (χ4v) is 5.89. The number of carbonyl (C=O) groups excluding carboxylic acids is 2. The molecule has 11 heteroatoms. The fourth-order valence-electron chi connectivity index (χ4n) is 4.14. The number of nitrogens with zero attached hydrogens (tertiary/aromatic N) is 1.